The first kappa shape index (κ1) is 12.3. The predicted octanol–water partition coefficient (Wildman–Crippen LogP) is 3.14. The van der Waals surface area contributed by atoms with Crippen molar-refractivity contribution >= 4 is 33.2 Å². The number of nitrogens with one attached hydrogen (secondary N) is 1. The fourth-order valence-corrected chi connectivity index (χ4v) is 2.83. The molecule has 0 unspecified atom stereocenters. The molecule has 2 heterocycles. The molecule has 5 heteroatoms. The molecular formula is C12H11BrN2OS. The van der Waals surface area contributed by atoms with Crippen LogP contribution in [0.1, 0.15) is 20.9 Å². The monoisotopic (exact) mass is 310 g/mol. The van der Waals surface area contributed by atoms with Crippen LogP contribution in [-0.2, 0) is 6.54 Å². The largest absolute Gasteiger partial charge is 0.347 e. The number of thiophene rings is 1. The maximum absolute atomic E-state index is 11.8. The normalized spacial score (nSPS) is 10.2. The Hall–Kier alpha value is -1.20. The van der Waals surface area contributed by atoms with Gasteiger partial charge in [-0.25, -0.2) is 0 Å². The van der Waals surface area contributed by atoms with Crippen molar-refractivity contribution in [2.45, 2.75) is 13.5 Å². The van der Waals surface area contributed by atoms with E-state index in [1.807, 2.05) is 19.1 Å². The second-order valence-corrected chi connectivity index (χ2v) is 6.12. The zero-order valence-electron chi connectivity index (χ0n) is 9.24. The smallest absolute Gasteiger partial charge is 0.251 e. The lowest BCUT2D eigenvalue weighted by atomic mass is 10.2. The number of rotatable bonds is 3. The van der Waals surface area contributed by atoms with E-state index in [-0.39, 0.29) is 5.91 Å². The van der Waals surface area contributed by atoms with E-state index < -0.39 is 0 Å². The van der Waals surface area contributed by atoms with Crippen LogP contribution in [0.4, 0.5) is 0 Å². The third kappa shape index (κ3) is 3.38. The SMILES string of the molecule is Cc1cc(C(=O)NCc2ccc(Br)s2)ccn1. The number of carbonyl (C=O) groups excluding carboxylic acids is 1. The van der Waals surface area contributed by atoms with Crippen LogP contribution in [-0.4, -0.2) is 10.9 Å². The van der Waals surface area contributed by atoms with Gasteiger partial charge in [0, 0.05) is 22.3 Å². The molecule has 0 aromatic carbocycles. The predicted molar refractivity (Wildman–Crippen MR) is 72.2 cm³/mol. The number of nitrogens with zero attached hydrogens (tertiary/aromatic N) is 1. The summed E-state index contributed by atoms with van der Waals surface area (Å²) in [5, 5.41) is 2.88. The Labute approximate surface area is 112 Å². The van der Waals surface area contributed by atoms with Crippen LogP contribution in [0, 0.1) is 6.92 Å². The third-order valence-electron chi connectivity index (χ3n) is 2.21. The second-order valence-electron chi connectivity index (χ2n) is 3.57. The Morgan fingerprint density at radius 3 is 2.94 bits per heavy atom. The van der Waals surface area contributed by atoms with Crippen LogP contribution in [0.3, 0.4) is 0 Å². The van der Waals surface area contributed by atoms with E-state index >= 15 is 0 Å². The minimum atomic E-state index is -0.0694. The topological polar surface area (TPSA) is 42.0 Å². The first-order valence-electron chi connectivity index (χ1n) is 5.10. The lowest BCUT2D eigenvalue weighted by Gasteiger charge is -2.03. The van der Waals surface area contributed by atoms with Crippen molar-refractivity contribution in [3.05, 3.63) is 50.4 Å². The van der Waals surface area contributed by atoms with Crippen LogP contribution in [0.15, 0.2) is 34.2 Å². The van der Waals surface area contributed by atoms with E-state index in [0.717, 1.165) is 14.4 Å². The average molecular weight is 311 g/mol. The van der Waals surface area contributed by atoms with Gasteiger partial charge < -0.3 is 5.32 Å². The molecule has 0 spiro atoms. The van der Waals surface area contributed by atoms with Gasteiger partial charge in [0.05, 0.1) is 10.3 Å². The van der Waals surface area contributed by atoms with Crippen molar-refractivity contribution in [1.29, 1.82) is 0 Å². The van der Waals surface area contributed by atoms with Crippen LogP contribution in [0.5, 0.6) is 0 Å². The van der Waals surface area contributed by atoms with Gasteiger partial charge >= 0.3 is 0 Å². The number of carbonyl (C=O) groups is 1. The zero-order chi connectivity index (χ0) is 12.3. The highest BCUT2D eigenvalue weighted by atomic mass is 79.9. The number of pyridine rings is 1. The summed E-state index contributed by atoms with van der Waals surface area (Å²) in [5.74, 6) is -0.0694. The van der Waals surface area contributed by atoms with Crippen molar-refractivity contribution in [1.82, 2.24) is 10.3 Å². The minimum Gasteiger partial charge on any atom is -0.347 e. The summed E-state index contributed by atoms with van der Waals surface area (Å²) in [6, 6.07) is 7.46. The summed E-state index contributed by atoms with van der Waals surface area (Å²) < 4.78 is 1.07. The summed E-state index contributed by atoms with van der Waals surface area (Å²) in [5.41, 5.74) is 1.49. The summed E-state index contributed by atoms with van der Waals surface area (Å²) in [6.07, 6.45) is 1.64. The van der Waals surface area contributed by atoms with E-state index in [1.54, 1.807) is 29.7 Å². The molecule has 0 bridgehead atoms. The minimum absolute atomic E-state index is 0.0694. The van der Waals surface area contributed by atoms with Gasteiger partial charge in [-0.1, -0.05) is 0 Å². The molecule has 3 nitrogen and oxygen atoms in total. The van der Waals surface area contributed by atoms with Crippen LogP contribution in [0.25, 0.3) is 0 Å². The van der Waals surface area contributed by atoms with E-state index in [4.69, 9.17) is 0 Å². The molecule has 1 amide bonds. The van der Waals surface area contributed by atoms with Gasteiger partial charge in [0.2, 0.25) is 0 Å². The lowest BCUT2D eigenvalue weighted by molar-refractivity contribution is 0.0951. The molecule has 0 aliphatic heterocycles. The average Bonchev–Trinajstić information content (AvgIpc) is 2.72. The van der Waals surface area contributed by atoms with Crippen molar-refractivity contribution in [3.8, 4) is 0 Å². The van der Waals surface area contributed by atoms with E-state index in [9.17, 15) is 4.79 Å². The van der Waals surface area contributed by atoms with E-state index in [2.05, 4.69) is 26.2 Å². The van der Waals surface area contributed by atoms with Crippen LogP contribution in [0.2, 0.25) is 0 Å². The zero-order valence-corrected chi connectivity index (χ0v) is 11.6. The van der Waals surface area contributed by atoms with Gasteiger partial charge in [-0.3, -0.25) is 9.78 Å². The third-order valence-corrected chi connectivity index (χ3v) is 3.83. The number of aryl methyl sites for hydroxylation is 1. The van der Waals surface area contributed by atoms with Crippen molar-refractivity contribution < 1.29 is 4.79 Å². The first-order chi connectivity index (χ1) is 8.15. The summed E-state index contributed by atoms with van der Waals surface area (Å²) in [7, 11) is 0. The van der Waals surface area contributed by atoms with Gasteiger partial charge in [-0.05, 0) is 47.1 Å². The molecule has 2 aromatic heterocycles. The Kier molecular flexibility index (Phi) is 3.91. The fraction of sp³-hybridized carbons (Fsp3) is 0.167. The number of halogens is 1. The highest BCUT2D eigenvalue weighted by Gasteiger charge is 2.06. The molecule has 0 saturated heterocycles. The number of hydrogen-bond acceptors (Lipinski definition) is 3. The van der Waals surface area contributed by atoms with E-state index in [0.29, 0.717) is 12.1 Å². The molecule has 0 atom stereocenters. The molecule has 0 radical (unpaired) electrons. The molecule has 0 aliphatic rings. The summed E-state index contributed by atoms with van der Waals surface area (Å²) in [6.45, 7) is 2.42. The summed E-state index contributed by atoms with van der Waals surface area (Å²) in [4.78, 5) is 17.0. The number of aromatic nitrogens is 1. The highest BCUT2D eigenvalue weighted by molar-refractivity contribution is 9.11. The van der Waals surface area contributed by atoms with Crippen LogP contribution < -0.4 is 5.32 Å². The quantitative estimate of drug-likeness (QED) is 0.946. The molecule has 2 aromatic rings. The van der Waals surface area contributed by atoms with Gasteiger partial charge in [0.15, 0.2) is 0 Å². The van der Waals surface area contributed by atoms with Crippen molar-refractivity contribution in [2.75, 3.05) is 0 Å². The molecule has 0 saturated carbocycles. The molecule has 17 heavy (non-hydrogen) atoms. The van der Waals surface area contributed by atoms with Crippen molar-refractivity contribution in [2.24, 2.45) is 0 Å². The van der Waals surface area contributed by atoms with Crippen molar-refractivity contribution in [3.63, 3.8) is 0 Å². The number of amides is 1. The Bertz CT molecular complexity index is 539. The second kappa shape index (κ2) is 5.42. The Morgan fingerprint density at radius 2 is 2.29 bits per heavy atom. The first-order valence-corrected chi connectivity index (χ1v) is 6.71. The van der Waals surface area contributed by atoms with Gasteiger partial charge in [0.25, 0.3) is 5.91 Å². The van der Waals surface area contributed by atoms with Crippen LogP contribution >= 0.6 is 27.3 Å². The molecule has 88 valence electrons. The van der Waals surface area contributed by atoms with Gasteiger partial charge in [-0.15, -0.1) is 11.3 Å². The molecule has 0 fully saturated rings. The standard InChI is InChI=1S/C12H11BrN2OS/c1-8-6-9(4-5-14-8)12(16)15-7-10-2-3-11(13)17-10/h2-6H,7H2,1H3,(H,15,16). The fourth-order valence-electron chi connectivity index (χ4n) is 1.40. The molecular weight excluding hydrogens is 300 g/mol. The van der Waals surface area contributed by atoms with E-state index in [1.165, 1.54) is 0 Å². The summed E-state index contributed by atoms with van der Waals surface area (Å²) >= 11 is 5.01. The van der Waals surface area contributed by atoms with Gasteiger partial charge in [0.1, 0.15) is 0 Å². The lowest BCUT2D eigenvalue weighted by Crippen LogP contribution is -2.22. The van der Waals surface area contributed by atoms with Gasteiger partial charge in [-0.2, -0.15) is 0 Å². The highest BCUT2D eigenvalue weighted by Crippen LogP contribution is 2.21. The Balaban J connectivity index is 1.98. The molecule has 2 rings (SSSR count). The molecule has 0 aliphatic carbocycles. The Morgan fingerprint density at radius 1 is 1.47 bits per heavy atom. The molecule has 1 N–H and O–H groups in total. The number of hydrogen-bond donors (Lipinski definition) is 1. The maximum atomic E-state index is 11.8. The maximum Gasteiger partial charge on any atom is 0.251 e.